The van der Waals surface area contributed by atoms with E-state index in [1.165, 1.54) is 0 Å². The molecule has 0 aliphatic rings. The monoisotopic (exact) mass is 350 g/mol. The van der Waals surface area contributed by atoms with Crippen molar-refractivity contribution in [2.45, 2.75) is 18.9 Å². The van der Waals surface area contributed by atoms with Crippen molar-refractivity contribution in [3.8, 4) is 0 Å². The van der Waals surface area contributed by atoms with E-state index in [2.05, 4.69) is 10.5 Å². The van der Waals surface area contributed by atoms with Crippen LogP contribution in [0.1, 0.15) is 24.5 Å². The van der Waals surface area contributed by atoms with Crippen molar-refractivity contribution >= 4 is 35.3 Å². The van der Waals surface area contributed by atoms with Gasteiger partial charge in [0.15, 0.2) is 5.60 Å². The zero-order valence-electron chi connectivity index (χ0n) is 12.5. The average Bonchev–Trinajstić information content (AvgIpc) is 2.55. The first-order chi connectivity index (χ1) is 11.0. The van der Waals surface area contributed by atoms with Gasteiger partial charge in [0.05, 0.1) is 0 Å². The van der Waals surface area contributed by atoms with E-state index in [1.54, 1.807) is 54.7 Å². The van der Waals surface area contributed by atoms with Gasteiger partial charge < -0.3 is 5.11 Å². The van der Waals surface area contributed by atoms with E-state index in [9.17, 15) is 9.90 Å². The summed E-state index contributed by atoms with van der Waals surface area (Å²) in [4.78, 5) is 12.6. The number of aliphatic hydroxyl groups is 1. The van der Waals surface area contributed by atoms with Crippen molar-refractivity contribution in [2.24, 2.45) is 5.10 Å². The number of carbonyl (C=O) groups is 1. The molecule has 0 aliphatic carbocycles. The third-order valence-electron chi connectivity index (χ3n) is 3.29. The molecule has 0 aromatic heterocycles. The lowest BCUT2D eigenvalue weighted by atomic mass is 9.85. The van der Waals surface area contributed by atoms with E-state index in [-0.39, 0.29) is 0 Å². The molecule has 23 heavy (non-hydrogen) atoms. The zero-order valence-corrected chi connectivity index (χ0v) is 14.0. The van der Waals surface area contributed by atoms with Gasteiger partial charge in [-0.25, -0.2) is 5.43 Å². The lowest BCUT2D eigenvalue weighted by molar-refractivity contribution is -0.136. The Bertz CT molecular complexity index is 652. The number of benzene rings is 2. The molecule has 2 aromatic rings. The minimum atomic E-state index is -1.90. The molecule has 0 fully saturated rings. The summed E-state index contributed by atoms with van der Waals surface area (Å²) in [5.74, 6) is -0.660. The van der Waals surface area contributed by atoms with Crippen LogP contribution in [0.4, 0.5) is 0 Å². The Balaban J connectivity index is 2.49. The summed E-state index contributed by atoms with van der Waals surface area (Å²) in [6.45, 7) is 1.89. The summed E-state index contributed by atoms with van der Waals surface area (Å²) in [6.07, 6.45) is 2.21. The first-order valence-corrected chi connectivity index (χ1v) is 7.80. The summed E-state index contributed by atoms with van der Waals surface area (Å²) in [5, 5.41) is 16.0. The second-order valence-corrected chi connectivity index (χ2v) is 5.76. The number of nitrogens with one attached hydrogen (secondary N) is 1. The molecule has 0 atom stereocenters. The van der Waals surface area contributed by atoms with Gasteiger partial charge in [0.1, 0.15) is 0 Å². The molecule has 0 heterocycles. The molecule has 1 amide bonds. The van der Waals surface area contributed by atoms with Crippen molar-refractivity contribution in [1.82, 2.24) is 5.43 Å². The Labute approximate surface area is 144 Å². The Morgan fingerprint density at radius 1 is 1.09 bits per heavy atom. The van der Waals surface area contributed by atoms with Gasteiger partial charge >= 0.3 is 0 Å². The molecule has 0 aliphatic heterocycles. The first-order valence-electron chi connectivity index (χ1n) is 7.05. The number of hydrogen-bond donors (Lipinski definition) is 2. The second kappa shape index (κ2) is 7.59. The molecule has 0 radical (unpaired) electrons. The van der Waals surface area contributed by atoms with Gasteiger partial charge in [-0.2, -0.15) is 5.10 Å². The minimum absolute atomic E-state index is 0.383. The maximum atomic E-state index is 12.6. The van der Waals surface area contributed by atoms with Crippen LogP contribution in [0, 0.1) is 0 Å². The molecule has 2 N–H and O–H groups in total. The summed E-state index contributed by atoms with van der Waals surface area (Å²) >= 11 is 11.8. The topological polar surface area (TPSA) is 61.7 Å². The smallest absolute Gasteiger partial charge is 0.281 e. The molecule has 6 heteroatoms. The lowest BCUT2D eigenvalue weighted by Crippen LogP contribution is -2.43. The largest absolute Gasteiger partial charge is 0.372 e. The predicted molar refractivity (Wildman–Crippen MR) is 92.8 cm³/mol. The molecule has 0 saturated heterocycles. The number of hydrogen-bond acceptors (Lipinski definition) is 3. The predicted octanol–water partition coefficient (Wildman–Crippen LogP) is 3.74. The normalized spacial score (nSPS) is 11.7. The average molecular weight is 351 g/mol. The van der Waals surface area contributed by atoms with Gasteiger partial charge in [-0.15, -0.1) is 0 Å². The summed E-state index contributed by atoms with van der Waals surface area (Å²) in [6, 6.07) is 12.8. The molecule has 2 aromatic carbocycles. The molecule has 0 saturated carbocycles. The number of carbonyl (C=O) groups excluding carboxylic acids is 1. The van der Waals surface area contributed by atoms with E-state index in [1.807, 2.05) is 6.92 Å². The maximum Gasteiger partial charge on any atom is 0.281 e. The number of halogens is 2. The summed E-state index contributed by atoms with van der Waals surface area (Å²) in [5.41, 5.74) is 1.23. The highest BCUT2D eigenvalue weighted by atomic mass is 35.5. The van der Waals surface area contributed by atoms with Crippen LogP contribution in [-0.2, 0) is 10.4 Å². The van der Waals surface area contributed by atoms with Crippen molar-refractivity contribution in [3.63, 3.8) is 0 Å². The third kappa shape index (κ3) is 3.91. The zero-order chi connectivity index (χ0) is 16.9. The molecule has 0 bridgehead atoms. The summed E-state index contributed by atoms with van der Waals surface area (Å²) in [7, 11) is 0. The fourth-order valence-corrected chi connectivity index (χ4v) is 2.34. The molecule has 2 rings (SSSR count). The molecule has 120 valence electrons. The van der Waals surface area contributed by atoms with E-state index in [4.69, 9.17) is 23.2 Å². The van der Waals surface area contributed by atoms with Gasteiger partial charge in [-0.3, -0.25) is 4.79 Å². The van der Waals surface area contributed by atoms with E-state index in [0.29, 0.717) is 27.6 Å². The van der Waals surface area contributed by atoms with Crippen LogP contribution >= 0.6 is 23.2 Å². The Kier molecular flexibility index (Phi) is 5.77. The van der Waals surface area contributed by atoms with Crippen molar-refractivity contribution in [2.75, 3.05) is 0 Å². The van der Waals surface area contributed by atoms with E-state index < -0.39 is 11.5 Å². The number of hydrazone groups is 1. The van der Waals surface area contributed by atoms with E-state index in [0.717, 1.165) is 0 Å². The van der Waals surface area contributed by atoms with Crippen LogP contribution in [0.5, 0.6) is 0 Å². The molecular formula is C17H16Cl2N2O2. The molecule has 0 unspecified atom stereocenters. The van der Waals surface area contributed by atoms with Gasteiger partial charge in [0.25, 0.3) is 5.91 Å². The Morgan fingerprint density at radius 3 is 1.91 bits per heavy atom. The van der Waals surface area contributed by atoms with Gasteiger partial charge in [-0.1, -0.05) is 54.4 Å². The highest BCUT2D eigenvalue weighted by molar-refractivity contribution is 6.30. The standard InChI is InChI=1S/C17H16Cl2N2O2/c1-2-11-20-21-16(22)17(23,12-3-7-14(18)8-4-12)13-5-9-15(19)10-6-13/h3-11,23H,2H2,1H3,(H,21,22)/b20-11-. The SMILES string of the molecule is CC/C=N\NC(=O)C(O)(c1ccc(Cl)cc1)c1ccc(Cl)cc1. The van der Waals surface area contributed by atoms with Crippen molar-refractivity contribution < 1.29 is 9.90 Å². The van der Waals surface area contributed by atoms with Crippen LogP contribution in [0.3, 0.4) is 0 Å². The molecular weight excluding hydrogens is 335 g/mol. The molecule has 4 nitrogen and oxygen atoms in total. The van der Waals surface area contributed by atoms with Gasteiger partial charge in [-0.05, 0) is 41.8 Å². The van der Waals surface area contributed by atoms with Crippen molar-refractivity contribution in [1.29, 1.82) is 0 Å². The fourth-order valence-electron chi connectivity index (χ4n) is 2.09. The second-order valence-electron chi connectivity index (χ2n) is 4.89. The molecule has 0 spiro atoms. The number of rotatable bonds is 5. The summed E-state index contributed by atoms with van der Waals surface area (Å²) < 4.78 is 0. The van der Waals surface area contributed by atoms with Crippen molar-refractivity contribution in [3.05, 3.63) is 69.7 Å². The first kappa shape index (κ1) is 17.5. The highest BCUT2D eigenvalue weighted by Gasteiger charge is 2.40. The van der Waals surface area contributed by atoms with Crippen LogP contribution < -0.4 is 5.43 Å². The van der Waals surface area contributed by atoms with Gasteiger partial charge in [0, 0.05) is 16.3 Å². The fraction of sp³-hybridized carbons (Fsp3) is 0.176. The Morgan fingerprint density at radius 2 is 1.52 bits per heavy atom. The third-order valence-corrected chi connectivity index (χ3v) is 3.80. The van der Waals surface area contributed by atoms with Crippen LogP contribution in [-0.4, -0.2) is 17.2 Å². The minimum Gasteiger partial charge on any atom is -0.372 e. The lowest BCUT2D eigenvalue weighted by Gasteiger charge is -2.27. The Hall–Kier alpha value is -1.88. The number of nitrogens with zero attached hydrogens (tertiary/aromatic N) is 1. The van der Waals surface area contributed by atoms with Crippen LogP contribution in [0.25, 0.3) is 0 Å². The van der Waals surface area contributed by atoms with Crippen LogP contribution in [0.2, 0.25) is 10.0 Å². The quantitative estimate of drug-likeness (QED) is 0.637. The van der Waals surface area contributed by atoms with E-state index >= 15 is 0 Å². The highest BCUT2D eigenvalue weighted by Crippen LogP contribution is 2.31. The van der Waals surface area contributed by atoms with Crippen LogP contribution in [0.15, 0.2) is 53.6 Å². The number of amides is 1. The van der Waals surface area contributed by atoms with Gasteiger partial charge in [0.2, 0.25) is 0 Å². The maximum absolute atomic E-state index is 12.6.